The van der Waals surface area contributed by atoms with Crippen molar-refractivity contribution in [1.29, 1.82) is 0 Å². The van der Waals surface area contributed by atoms with Gasteiger partial charge >= 0.3 is 0 Å². The van der Waals surface area contributed by atoms with Gasteiger partial charge in [-0.1, -0.05) is 38.2 Å². The number of benzene rings is 4. The second-order valence-electron chi connectivity index (χ2n) is 12.6. The first-order valence-electron chi connectivity index (χ1n) is 16.5. The summed E-state index contributed by atoms with van der Waals surface area (Å²) >= 11 is 0. The third kappa shape index (κ3) is 6.01. The summed E-state index contributed by atoms with van der Waals surface area (Å²) in [5.74, 6) is 3.34. The van der Waals surface area contributed by atoms with Gasteiger partial charge < -0.3 is 38.6 Å². The molecule has 2 aliphatic rings. The van der Waals surface area contributed by atoms with E-state index >= 15 is 0 Å². The van der Waals surface area contributed by atoms with Crippen molar-refractivity contribution in [2.75, 3.05) is 28.4 Å². The molecule has 2 heterocycles. The van der Waals surface area contributed by atoms with Crippen LogP contribution >= 0.6 is 0 Å². The Kier molecular flexibility index (Phi) is 9.41. The van der Waals surface area contributed by atoms with E-state index in [1.165, 1.54) is 14.2 Å². The van der Waals surface area contributed by atoms with E-state index in [0.717, 1.165) is 33.4 Å². The number of hydrogen-bond donors (Lipinski definition) is 2. The van der Waals surface area contributed by atoms with E-state index in [1.807, 2.05) is 74.5 Å². The van der Waals surface area contributed by atoms with Gasteiger partial charge in [-0.15, -0.1) is 0 Å². The summed E-state index contributed by atoms with van der Waals surface area (Å²) in [6.45, 7) is 8.19. The van der Waals surface area contributed by atoms with Crippen molar-refractivity contribution in [2.45, 2.75) is 58.2 Å². The van der Waals surface area contributed by atoms with Gasteiger partial charge in [-0.3, -0.25) is 0 Å². The molecule has 0 spiro atoms. The fourth-order valence-corrected chi connectivity index (χ4v) is 7.09. The van der Waals surface area contributed by atoms with Crippen LogP contribution in [0.15, 0.2) is 60.7 Å². The zero-order valence-corrected chi connectivity index (χ0v) is 29.3. The first kappa shape index (κ1) is 33.7. The molecule has 4 atom stereocenters. The predicted molar refractivity (Wildman–Crippen MR) is 191 cm³/mol. The van der Waals surface area contributed by atoms with E-state index in [1.54, 1.807) is 14.2 Å². The molecule has 0 radical (unpaired) electrons. The van der Waals surface area contributed by atoms with E-state index in [4.69, 9.17) is 28.4 Å². The molecule has 4 aromatic carbocycles. The van der Waals surface area contributed by atoms with Gasteiger partial charge in [-0.05, 0) is 84.6 Å². The average Bonchev–Trinajstić information content (AvgIpc) is 3.62. The second kappa shape index (κ2) is 13.7. The molecule has 4 aromatic rings. The fraction of sp³-hybridized carbons (Fsp3) is 0.317. The van der Waals surface area contributed by atoms with Gasteiger partial charge in [0.05, 0.1) is 28.4 Å². The Morgan fingerprint density at radius 3 is 1.31 bits per heavy atom. The van der Waals surface area contributed by atoms with E-state index in [0.29, 0.717) is 45.6 Å². The molecule has 0 aliphatic carbocycles. The highest BCUT2D eigenvalue weighted by atomic mass is 16.5. The molecule has 0 bridgehead atoms. The Labute approximate surface area is 288 Å². The summed E-state index contributed by atoms with van der Waals surface area (Å²) in [6.07, 6.45) is 7.53. The van der Waals surface area contributed by atoms with Crippen molar-refractivity contribution in [1.82, 2.24) is 0 Å². The molecule has 0 aromatic heterocycles. The molecule has 8 nitrogen and oxygen atoms in total. The van der Waals surface area contributed by atoms with Crippen LogP contribution in [0.1, 0.15) is 96.2 Å². The van der Waals surface area contributed by atoms with Gasteiger partial charge in [0.15, 0.2) is 46.0 Å². The summed E-state index contributed by atoms with van der Waals surface area (Å²) in [7, 11) is 6.33. The second-order valence-corrected chi connectivity index (χ2v) is 12.6. The lowest BCUT2D eigenvalue weighted by atomic mass is 9.88. The lowest BCUT2D eigenvalue weighted by molar-refractivity contribution is 0.207. The van der Waals surface area contributed by atoms with Crippen LogP contribution in [0.3, 0.4) is 0 Å². The quantitative estimate of drug-likeness (QED) is 0.173. The molecule has 8 heteroatoms. The Bertz CT molecular complexity index is 1800. The third-order valence-corrected chi connectivity index (χ3v) is 9.58. The Balaban J connectivity index is 1.37. The standard InChI is InChI=1S/C41H44O8/c1-9-11-24-13-30-22(3)38(48-40(30)34(15-24)46-7)28-18-26(36(42)32(20-28)44-5)17-27-19-29(21-33(45-6)37(27)43)39-23(4)31-14-25(12-10-2)16-35(47-8)41(31)49-39/h9-16,18-23,38-39,42-43H,17H2,1-8H3/b11-9+,12-10+. The molecule has 2 N–H and O–H groups in total. The maximum Gasteiger partial charge on any atom is 0.165 e. The van der Waals surface area contributed by atoms with Gasteiger partial charge in [-0.25, -0.2) is 0 Å². The lowest BCUT2D eigenvalue weighted by Crippen LogP contribution is -2.10. The molecule has 0 fully saturated rings. The third-order valence-electron chi connectivity index (χ3n) is 9.58. The Hall–Kier alpha value is -5.24. The maximum absolute atomic E-state index is 11.4. The summed E-state index contributed by atoms with van der Waals surface area (Å²) < 4.78 is 35.8. The lowest BCUT2D eigenvalue weighted by Gasteiger charge is -2.21. The zero-order valence-electron chi connectivity index (χ0n) is 29.3. The number of fused-ring (bicyclic) bond motifs is 2. The number of hydrogen-bond acceptors (Lipinski definition) is 8. The van der Waals surface area contributed by atoms with Crippen LogP contribution in [-0.4, -0.2) is 38.7 Å². The summed E-state index contributed by atoms with van der Waals surface area (Å²) in [5.41, 5.74) is 6.95. The highest BCUT2D eigenvalue weighted by Gasteiger charge is 2.37. The first-order valence-corrected chi connectivity index (χ1v) is 16.5. The number of phenolic OH excluding ortho intramolecular Hbond substituents is 2. The zero-order chi connectivity index (χ0) is 35.0. The van der Waals surface area contributed by atoms with Crippen molar-refractivity contribution in [3.8, 4) is 46.0 Å². The topological polar surface area (TPSA) is 95.8 Å². The SMILES string of the molecule is C/C=C/c1cc(OC)c2c(c1)C(C)C(c1cc(Cc3cc(C4Oc5c(OC)cc(/C=C/C)cc5C4C)cc(OC)c3O)c(O)c(OC)c1)O2. The highest BCUT2D eigenvalue weighted by Crippen LogP contribution is 2.54. The maximum atomic E-state index is 11.4. The van der Waals surface area contributed by atoms with Gasteiger partial charge in [-0.2, -0.15) is 0 Å². The molecule has 49 heavy (non-hydrogen) atoms. The average molecular weight is 665 g/mol. The van der Waals surface area contributed by atoms with E-state index in [9.17, 15) is 10.2 Å². The van der Waals surface area contributed by atoms with Crippen molar-refractivity contribution in [2.24, 2.45) is 0 Å². The van der Waals surface area contributed by atoms with Crippen molar-refractivity contribution in [3.63, 3.8) is 0 Å². The van der Waals surface area contributed by atoms with Gasteiger partial charge in [0.1, 0.15) is 12.2 Å². The van der Waals surface area contributed by atoms with Crippen LogP contribution in [0.2, 0.25) is 0 Å². The van der Waals surface area contributed by atoms with Crippen LogP contribution in [0.25, 0.3) is 12.2 Å². The van der Waals surface area contributed by atoms with Crippen LogP contribution in [0, 0.1) is 0 Å². The number of methoxy groups -OCH3 is 4. The van der Waals surface area contributed by atoms with Crippen molar-refractivity contribution < 1.29 is 38.6 Å². The van der Waals surface area contributed by atoms with Crippen LogP contribution in [-0.2, 0) is 6.42 Å². The largest absolute Gasteiger partial charge is 0.504 e. The molecular formula is C41H44O8. The smallest absolute Gasteiger partial charge is 0.165 e. The summed E-state index contributed by atoms with van der Waals surface area (Å²) in [6, 6.07) is 15.6. The predicted octanol–water partition coefficient (Wildman–Crippen LogP) is 9.26. The summed E-state index contributed by atoms with van der Waals surface area (Å²) in [4.78, 5) is 0. The molecule has 256 valence electrons. The van der Waals surface area contributed by atoms with Crippen molar-refractivity contribution >= 4 is 12.2 Å². The Morgan fingerprint density at radius 2 is 0.959 bits per heavy atom. The van der Waals surface area contributed by atoms with Crippen LogP contribution in [0.5, 0.6) is 46.0 Å². The number of phenols is 2. The minimum absolute atomic E-state index is 0.00901. The molecule has 0 saturated carbocycles. The minimum atomic E-state index is -0.360. The first-order chi connectivity index (χ1) is 23.6. The van der Waals surface area contributed by atoms with E-state index in [-0.39, 0.29) is 42.0 Å². The number of allylic oxidation sites excluding steroid dienone is 2. The van der Waals surface area contributed by atoms with Gasteiger partial charge in [0, 0.05) is 40.5 Å². The minimum Gasteiger partial charge on any atom is -0.504 e. The monoisotopic (exact) mass is 664 g/mol. The number of ether oxygens (including phenoxy) is 6. The molecular weight excluding hydrogens is 620 g/mol. The van der Waals surface area contributed by atoms with Gasteiger partial charge in [0.2, 0.25) is 0 Å². The van der Waals surface area contributed by atoms with Crippen molar-refractivity contribution in [3.05, 3.63) is 105 Å². The van der Waals surface area contributed by atoms with E-state index < -0.39 is 0 Å². The molecule has 2 aliphatic heterocycles. The van der Waals surface area contributed by atoms with Crippen LogP contribution in [0.4, 0.5) is 0 Å². The summed E-state index contributed by atoms with van der Waals surface area (Å²) in [5, 5.41) is 22.7. The molecule has 4 unspecified atom stereocenters. The Morgan fingerprint density at radius 1 is 0.571 bits per heavy atom. The molecule has 0 saturated heterocycles. The van der Waals surface area contributed by atoms with Crippen LogP contribution < -0.4 is 28.4 Å². The number of rotatable bonds is 10. The highest BCUT2D eigenvalue weighted by molar-refractivity contribution is 5.64. The molecule has 0 amide bonds. The van der Waals surface area contributed by atoms with E-state index in [2.05, 4.69) is 26.0 Å². The normalized spacial score (nSPS) is 19.4. The molecule has 6 rings (SSSR count). The van der Waals surface area contributed by atoms with Gasteiger partial charge in [0.25, 0.3) is 0 Å². The fourth-order valence-electron chi connectivity index (χ4n) is 7.09. The number of aromatic hydroxyl groups is 2.